The van der Waals surface area contributed by atoms with Crippen LogP contribution in [0.5, 0.6) is 0 Å². The second-order valence-electron chi connectivity index (χ2n) is 10.4. The lowest BCUT2D eigenvalue weighted by Crippen LogP contribution is -2.37. The lowest BCUT2D eigenvalue weighted by molar-refractivity contribution is -0.870. The van der Waals surface area contributed by atoms with Crippen molar-refractivity contribution < 1.29 is 32.5 Å². The summed E-state index contributed by atoms with van der Waals surface area (Å²) < 4.78 is 34.0. The Hall–Kier alpha value is 0.340. The number of thioether (sulfide) groups is 1. The molecule has 0 bridgehead atoms. The fourth-order valence-electron chi connectivity index (χ4n) is 3.42. The number of nitrogens with zero attached hydrogens (tertiary/aromatic N) is 1. The molecule has 0 aromatic rings. The topological polar surface area (TPSA) is 74.2 Å². The van der Waals surface area contributed by atoms with Crippen molar-refractivity contribution in [1.29, 1.82) is 0 Å². The molecule has 0 aromatic heterocycles. The van der Waals surface area contributed by atoms with Crippen LogP contribution in [0.4, 0.5) is 0 Å². The third kappa shape index (κ3) is 27.2. The van der Waals surface area contributed by atoms with E-state index in [4.69, 9.17) is 18.5 Å². The van der Waals surface area contributed by atoms with Gasteiger partial charge in [0.2, 0.25) is 0 Å². The summed E-state index contributed by atoms with van der Waals surface area (Å²) in [5.41, 5.74) is 0. The van der Waals surface area contributed by atoms with E-state index in [0.717, 1.165) is 24.7 Å². The zero-order chi connectivity index (χ0) is 26.3. The van der Waals surface area contributed by atoms with Crippen LogP contribution >= 0.6 is 19.6 Å². The summed E-state index contributed by atoms with van der Waals surface area (Å²) in [6.45, 7) is 4.96. The Labute approximate surface area is 221 Å². The Morgan fingerprint density at radius 3 is 1.89 bits per heavy atom. The normalized spacial score (nSPS) is 14.8. The van der Waals surface area contributed by atoms with E-state index >= 15 is 0 Å². The highest BCUT2D eigenvalue weighted by Gasteiger charge is 2.24. The van der Waals surface area contributed by atoms with Gasteiger partial charge in [0.05, 0.1) is 33.9 Å². The monoisotopic (exact) mass is 542 g/mol. The molecular weight excluding hydrogens is 485 g/mol. The smallest absolute Gasteiger partial charge is 0.381 e. The Morgan fingerprint density at radius 2 is 1.34 bits per heavy atom. The first kappa shape index (κ1) is 35.3. The van der Waals surface area contributed by atoms with Gasteiger partial charge in [0.15, 0.2) is 0 Å². The van der Waals surface area contributed by atoms with E-state index in [1.54, 1.807) is 18.9 Å². The number of methoxy groups -OCH3 is 1. The van der Waals surface area contributed by atoms with Crippen LogP contribution in [0.2, 0.25) is 0 Å². The number of rotatable bonds is 27. The highest BCUT2D eigenvalue weighted by molar-refractivity contribution is 7.99. The average molecular weight is 543 g/mol. The SMILES string of the molecule is CCCCCCCCCOCCCCCCCCSCC(COP(=O)(O)OCC[N+](C)(C)C)OC. The van der Waals surface area contributed by atoms with Crippen LogP contribution in [-0.2, 0) is 23.1 Å². The van der Waals surface area contributed by atoms with Gasteiger partial charge in [0.1, 0.15) is 13.2 Å². The molecule has 0 spiro atoms. The molecule has 0 saturated heterocycles. The number of quaternary nitrogens is 1. The highest BCUT2D eigenvalue weighted by atomic mass is 32.2. The van der Waals surface area contributed by atoms with Crippen molar-refractivity contribution >= 4 is 19.6 Å². The van der Waals surface area contributed by atoms with Gasteiger partial charge in [-0.3, -0.25) is 9.05 Å². The number of likely N-dealkylation sites (N-methyl/N-ethyl adjacent to an activating group) is 1. The highest BCUT2D eigenvalue weighted by Crippen LogP contribution is 2.43. The molecule has 0 heterocycles. The van der Waals surface area contributed by atoms with Crippen molar-refractivity contribution in [2.75, 3.05) is 72.7 Å². The fraction of sp³-hybridized carbons (Fsp3) is 1.00. The van der Waals surface area contributed by atoms with Crippen LogP contribution < -0.4 is 0 Å². The first-order valence-electron chi connectivity index (χ1n) is 13.8. The van der Waals surface area contributed by atoms with Crippen molar-refractivity contribution in [3.8, 4) is 0 Å². The predicted molar refractivity (Wildman–Crippen MR) is 149 cm³/mol. The Morgan fingerprint density at radius 1 is 0.800 bits per heavy atom. The molecule has 0 aliphatic carbocycles. The molecule has 0 aliphatic rings. The van der Waals surface area contributed by atoms with Crippen LogP contribution in [0.3, 0.4) is 0 Å². The van der Waals surface area contributed by atoms with Crippen molar-refractivity contribution in [3.05, 3.63) is 0 Å². The van der Waals surface area contributed by atoms with E-state index in [9.17, 15) is 9.46 Å². The van der Waals surface area contributed by atoms with E-state index in [-0.39, 0.29) is 19.3 Å². The molecule has 1 N–H and O–H groups in total. The second-order valence-corrected chi connectivity index (χ2v) is 13.0. The minimum atomic E-state index is -4.03. The second kappa shape index (κ2) is 23.5. The van der Waals surface area contributed by atoms with Gasteiger partial charge in [0, 0.05) is 26.1 Å². The molecule has 0 rings (SSSR count). The lowest BCUT2D eigenvalue weighted by atomic mass is 10.1. The zero-order valence-electron chi connectivity index (χ0n) is 23.5. The molecule has 2 atom stereocenters. The largest absolute Gasteiger partial charge is 0.472 e. The molecular formula is C26H57NO6PS+. The molecule has 0 aliphatic heterocycles. The minimum Gasteiger partial charge on any atom is -0.381 e. The van der Waals surface area contributed by atoms with E-state index < -0.39 is 7.82 Å². The van der Waals surface area contributed by atoms with Crippen LogP contribution in [-0.4, -0.2) is 88.2 Å². The maximum Gasteiger partial charge on any atom is 0.472 e. The molecule has 0 fully saturated rings. The van der Waals surface area contributed by atoms with Crippen molar-refractivity contribution in [1.82, 2.24) is 0 Å². The van der Waals surface area contributed by atoms with Gasteiger partial charge >= 0.3 is 7.82 Å². The average Bonchev–Trinajstić information content (AvgIpc) is 2.79. The van der Waals surface area contributed by atoms with Gasteiger partial charge in [-0.2, -0.15) is 11.8 Å². The summed E-state index contributed by atoms with van der Waals surface area (Å²) >= 11 is 1.80. The summed E-state index contributed by atoms with van der Waals surface area (Å²) in [5, 5.41) is 0. The third-order valence-corrected chi connectivity index (χ3v) is 7.97. The number of hydrogen-bond acceptors (Lipinski definition) is 6. The van der Waals surface area contributed by atoms with E-state index in [1.807, 2.05) is 21.1 Å². The summed E-state index contributed by atoms with van der Waals surface area (Å²) in [7, 11) is 3.57. The molecule has 9 heteroatoms. The fourth-order valence-corrected chi connectivity index (χ4v) is 5.23. The molecule has 2 unspecified atom stereocenters. The third-order valence-electron chi connectivity index (χ3n) is 5.80. The van der Waals surface area contributed by atoms with Crippen LogP contribution in [0, 0.1) is 0 Å². The van der Waals surface area contributed by atoms with Gasteiger partial charge in [-0.15, -0.1) is 0 Å². The van der Waals surface area contributed by atoms with Crippen molar-refractivity contribution in [2.24, 2.45) is 0 Å². The molecule has 0 amide bonds. The van der Waals surface area contributed by atoms with Crippen molar-refractivity contribution in [3.63, 3.8) is 0 Å². The van der Waals surface area contributed by atoms with E-state index in [2.05, 4.69) is 6.92 Å². The number of ether oxygens (including phenoxy) is 2. The zero-order valence-corrected chi connectivity index (χ0v) is 25.2. The van der Waals surface area contributed by atoms with Gasteiger partial charge in [0.25, 0.3) is 0 Å². The number of phosphoric ester groups is 1. The molecule has 0 saturated carbocycles. The summed E-state index contributed by atoms with van der Waals surface area (Å²) in [6.07, 6.45) is 16.5. The minimum absolute atomic E-state index is 0.0582. The Bertz CT molecular complexity index is 507. The Kier molecular flexibility index (Phi) is 23.7. The van der Waals surface area contributed by atoms with Gasteiger partial charge in [-0.1, -0.05) is 71.1 Å². The lowest BCUT2D eigenvalue weighted by Gasteiger charge is -2.24. The van der Waals surface area contributed by atoms with Crippen molar-refractivity contribution in [2.45, 2.75) is 96.5 Å². The maximum absolute atomic E-state index is 12.0. The van der Waals surface area contributed by atoms with E-state index in [0.29, 0.717) is 11.0 Å². The number of unbranched alkanes of at least 4 members (excludes halogenated alkanes) is 11. The summed E-state index contributed by atoms with van der Waals surface area (Å²) in [6, 6.07) is 0. The van der Waals surface area contributed by atoms with Crippen LogP contribution in [0.1, 0.15) is 90.4 Å². The molecule has 35 heavy (non-hydrogen) atoms. The van der Waals surface area contributed by atoms with Gasteiger partial charge in [-0.25, -0.2) is 4.57 Å². The molecule has 0 radical (unpaired) electrons. The molecule has 7 nitrogen and oxygen atoms in total. The van der Waals surface area contributed by atoms with Crippen LogP contribution in [0.15, 0.2) is 0 Å². The first-order valence-corrected chi connectivity index (χ1v) is 16.5. The number of phosphoric acid groups is 1. The first-order chi connectivity index (χ1) is 16.7. The quantitative estimate of drug-likeness (QED) is 0.0705. The summed E-state index contributed by atoms with van der Waals surface area (Å²) in [5.74, 6) is 1.81. The van der Waals surface area contributed by atoms with Gasteiger partial charge in [-0.05, 0) is 25.0 Å². The number of hydrogen-bond donors (Lipinski definition) is 1. The summed E-state index contributed by atoms with van der Waals surface area (Å²) in [4.78, 5) is 9.82. The van der Waals surface area contributed by atoms with E-state index in [1.165, 1.54) is 83.5 Å². The van der Waals surface area contributed by atoms with Gasteiger partial charge < -0.3 is 18.9 Å². The maximum atomic E-state index is 12.0. The molecule has 212 valence electrons. The molecule has 0 aromatic carbocycles. The Balaban J connectivity index is 3.49. The standard InChI is InChI=1S/C26H56NO6PS/c1-6-7-8-9-10-13-16-20-31-21-17-14-11-12-15-18-23-35-25-26(30-5)24-33-34(28,29)32-22-19-27(2,3)4/h26H,6-25H2,1-5H3/p+1. The predicted octanol–water partition coefficient (Wildman–Crippen LogP) is 6.68. The van der Waals surface area contributed by atoms with Crippen LogP contribution in [0.25, 0.3) is 0 Å².